The van der Waals surface area contributed by atoms with E-state index in [2.05, 4.69) is 53.7 Å². The zero-order chi connectivity index (χ0) is 22.2. The molecule has 0 bridgehead atoms. The maximum atomic E-state index is 12.8. The number of benzene rings is 3. The van der Waals surface area contributed by atoms with Gasteiger partial charge in [0.05, 0.1) is 6.33 Å². The Hall–Kier alpha value is -3.71. The lowest BCUT2D eigenvalue weighted by molar-refractivity contribution is 0.0977. The van der Waals surface area contributed by atoms with E-state index in [1.54, 1.807) is 24.7 Å². The summed E-state index contributed by atoms with van der Waals surface area (Å²) >= 11 is 3.41. The number of guanidine groups is 1. The third kappa shape index (κ3) is 5.92. The van der Waals surface area contributed by atoms with Gasteiger partial charge in [-0.25, -0.2) is 4.98 Å². The molecule has 0 saturated heterocycles. The number of nitrogens with one attached hydrogen (secondary N) is 3. The number of carbonyl (C=O) groups is 1. The molecular formula is C25H22BrN5O. The maximum absolute atomic E-state index is 12.8. The summed E-state index contributed by atoms with van der Waals surface area (Å²) in [5.74, 6) is 0.155. The van der Waals surface area contributed by atoms with Gasteiger partial charge in [-0.05, 0) is 41.5 Å². The van der Waals surface area contributed by atoms with E-state index >= 15 is 0 Å². The fourth-order valence-corrected chi connectivity index (χ4v) is 3.54. The monoisotopic (exact) mass is 487 g/mol. The Kier molecular flexibility index (Phi) is 7.09. The van der Waals surface area contributed by atoms with Crippen molar-refractivity contribution in [2.24, 2.45) is 4.99 Å². The van der Waals surface area contributed by atoms with Crippen LogP contribution in [0, 0.1) is 0 Å². The van der Waals surface area contributed by atoms with E-state index in [1.807, 2.05) is 54.6 Å². The summed E-state index contributed by atoms with van der Waals surface area (Å²) < 4.78 is 0.840. The second kappa shape index (κ2) is 10.5. The molecule has 0 atom stereocenters. The molecule has 0 aliphatic carbocycles. The summed E-state index contributed by atoms with van der Waals surface area (Å²) in [4.78, 5) is 24.4. The summed E-state index contributed by atoms with van der Waals surface area (Å²) in [6.45, 7) is 0.491. The molecule has 4 rings (SSSR count). The molecule has 1 heterocycles. The lowest BCUT2D eigenvalue weighted by atomic mass is 10.1. The van der Waals surface area contributed by atoms with Crippen molar-refractivity contribution in [3.63, 3.8) is 0 Å². The van der Waals surface area contributed by atoms with Gasteiger partial charge in [-0.2, -0.15) is 0 Å². The van der Waals surface area contributed by atoms with Crippen LogP contribution in [0.3, 0.4) is 0 Å². The van der Waals surface area contributed by atoms with E-state index in [-0.39, 0.29) is 5.91 Å². The highest BCUT2D eigenvalue weighted by molar-refractivity contribution is 9.10. The lowest BCUT2D eigenvalue weighted by Gasteiger charge is -2.13. The van der Waals surface area contributed by atoms with Crippen LogP contribution in [0.2, 0.25) is 0 Å². The average molecular weight is 488 g/mol. The molecule has 0 unspecified atom stereocenters. The van der Waals surface area contributed by atoms with Gasteiger partial charge in [0.1, 0.15) is 0 Å². The highest BCUT2D eigenvalue weighted by Gasteiger charge is 2.10. The van der Waals surface area contributed by atoms with Crippen LogP contribution in [0.15, 0.2) is 101 Å². The minimum absolute atomic E-state index is 0.236. The van der Waals surface area contributed by atoms with Crippen LogP contribution in [0.5, 0.6) is 0 Å². The van der Waals surface area contributed by atoms with E-state index in [1.165, 1.54) is 0 Å². The number of carbonyl (C=O) groups excluding carboxylic acids is 1. The summed E-state index contributed by atoms with van der Waals surface area (Å²) in [6.07, 6.45) is 4.09. The molecule has 32 heavy (non-hydrogen) atoms. The zero-order valence-corrected chi connectivity index (χ0v) is 18.8. The topological polar surface area (TPSA) is 82.2 Å². The molecule has 0 aliphatic heterocycles. The second-order valence-electron chi connectivity index (χ2n) is 7.09. The maximum Gasteiger partial charge on any atom is 0.257 e. The number of amides is 1. The number of aromatic amines is 1. The average Bonchev–Trinajstić information content (AvgIpc) is 3.34. The van der Waals surface area contributed by atoms with Crippen LogP contribution < -0.4 is 10.6 Å². The van der Waals surface area contributed by atoms with Crippen molar-refractivity contribution in [2.45, 2.75) is 6.42 Å². The number of H-pyrrole nitrogens is 1. The molecule has 0 aliphatic rings. The van der Waals surface area contributed by atoms with Crippen molar-refractivity contribution < 1.29 is 4.79 Å². The first kappa shape index (κ1) is 21.5. The van der Waals surface area contributed by atoms with Crippen LogP contribution in [-0.4, -0.2) is 28.4 Å². The number of imidazole rings is 1. The van der Waals surface area contributed by atoms with Gasteiger partial charge in [-0.1, -0.05) is 64.5 Å². The SMILES string of the molecule is O=C(NC(=NCCc1cnc[nH]1)Nc1ccc(-c2ccccc2)cc1)c1cccc(Br)c1. The highest BCUT2D eigenvalue weighted by Crippen LogP contribution is 2.21. The first-order chi connectivity index (χ1) is 15.7. The van der Waals surface area contributed by atoms with E-state index in [9.17, 15) is 4.79 Å². The minimum Gasteiger partial charge on any atom is -0.348 e. The van der Waals surface area contributed by atoms with Crippen LogP contribution in [-0.2, 0) is 6.42 Å². The molecule has 0 spiro atoms. The molecule has 160 valence electrons. The van der Waals surface area contributed by atoms with Crippen molar-refractivity contribution in [3.05, 3.63) is 107 Å². The van der Waals surface area contributed by atoms with Crippen LogP contribution >= 0.6 is 15.9 Å². The molecule has 0 radical (unpaired) electrons. The van der Waals surface area contributed by atoms with Gasteiger partial charge in [0.25, 0.3) is 5.91 Å². The van der Waals surface area contributed by atoms with E-state index in [0.717, 1.165) is 27.0 Å². The van der Waals surface area contributed by atoms with Crippen molar-refractivity contribution in [2.75, 3.05) is 11.9 Å². The molecule has 3 N–H and O–H groups in total. The Balaban J connectivity index is 1.49. The van der Waals surface area contributed by atoms with E-state index < -0.39 is 0 Å². The zero-order valence-electron chi connectivity index (χ0n) is 17.3. The van der Waals surface area contributed by atoms with Gasteiger partial charge in [0.2, 0.25) is 5.96 Å². The number of aromatic nitrogens is 2. The molecule has 3 aromatic carbocycles. The van der Waals surface area contributed by atoms with Crippen molar-refractivity contribution in [1.82, 2.24) is 15.3 Å². The first-order valence-electron chi connectivity index (χ1n) is 10.2. The number of nitrogens with zero attached hydrogens (tertiary/aromatic N) is 2. The number of anilines is 1. The molecular weight excluding hydrogens is 466 g/mol. The van der Waals surface area contributed by atoms with E-state index in [4.69, 9.17) is 0 Å². The van der Waals surface area contributed by atoms with Crippen LogP contribution in [0.4, 0.5) is 5.69 Å². The molecule has 4 aromatic rings. The fourth-order valence-electron chi connectivity index (χ4n) is 3.14. The smallest absolute Gasteiger partial charge is 0.257 e. The van der Waals surface area contributed by atoms with Gasteiger partial charge >= 0.3 is 0 Å². The van der Waals surface area contributed by atoms with Crippen molar-refractivity contribution >= 4 is 33.5 Å². The van der Waals surface area contributed by atoms with Crippen molar-refractivity contribution in [1.29, 1.82) is 0 Å². The highest BCUT2D eigenvalue weighted by atomic mass is 79.9. The van der Waals surface area contributed by atoms with Crippen LogP contribution in [0.1, 0.15) is 16.1 Å². The van der Waals surface area contributed by atoms with Gasteiger partial charge in [-0.3, -0.25) is 15.1 Å². The van der Waals surface area contributed by atoms with Gasteiger partial charge in [0.15, 0.2) is 0 Å². The lowest BCUT2D eigenvalue weighted by Crippen LogP contribution is -2.36. The Morgan fingerprint density at radius 2 is 1.75 bits per heavy atom. The normalized spacial score (nSPS) is 11.2. The van der Waals surface area contributed by atoms with Gasteiger partial charge in [0, 0.05) is 40.6 Å². The minimum atomic E-state index is -0.236. The molecule has 0 fully saturated rings. The number of halogens is 1. The largest absolute Gasteiger partial charge is 0.348 e. The van der Waals surface area contributed by atoms with Gasteiger partial charge < -0.3 is 10.3 Å². The summed E-state index contributed by atoms with van der Waals surface area (Å²) in [5.41, 5.74) is 4.63. The number of hydrogen-bond acceptors (Lipinski definition) is 3. The summed E-state index contributed by atoms with van der Waals surface area (Å²) in [7, 11) is 0. The number of hydrogen-bond donors (Lipinski definition) is 3. The summed E-state index contributed by atoms with van der Waals surface area (Å²) in [6, 6.07) is 25.4. The summed E-state index contributed by atoms with van der Waals surface area (Å²) in [5, 5.41) is 6.12. The number of aliphatic imine (C=N–C) groups is 1. The quantitative estimate of drug-likeness (QED) is 0.255. The second-order valence-corrected chi connectivity index (χ2v) is 8.01. The molecule has 7 heteroatoms. The third-order valence-corrected chi connectivity index (χ3v) is 5.27. The standard InChI is InChI=1S/C25H22BrN5O/c26-21-8-4-7-20(15-21)24(32)31-25(28-14-13-23-16-27-17-29-23)30-22-11-9-19(10-12-22)18-5-2-1-3-6-18/h1-12,15-17H,13-14H2,(H,27,29)(H2,28,30,31,32). The number of rotatable bonds is 6. The first-order valence-corrected chi connectivity index (χ1v) is 11.0. The Morgan fingerprint density at radius 1 is 0.969 bits per heavy atom. The predicted octanol–water partition coefficient (Wildman–Crippen LogP) is 5.28. The Morgan fingerprint density at radius 3 is 2.47 bits per heavy atom. The third-order valence-electron chi connectivity index (χ3n) is 4.78. The molecule has 0 saturated carbocycles. The molecule has 1 amide bonds. The molecule has 6 nitrogen and oxygen atoms in total. The Bertz CT molecular complexity index is 1190. The van der Waals surface area contributed by atoms with Crippen LogP contribution in [0.25, 0.3) is 11.1 Å². The fraction of sp³-hybridized carbons (Fsp3) is 0.0800. The Labute approximate surface area is 195 Å². The van der Waals surface area contributed by atoms with Crippen molar-refractivity contribution in [3.8, 4) is 11.1 Å². The van der Waals surface area contributed by atoms with E-state index in [0.29, 0.717) is 24.5 Å². The predicted molar refractivity (Wildman–Crippen MR) is 132 cm³/mol. The van der Waals surface area contributed by atoms with Gasteiger partial charge in [-0.15, -0.1) is 0 Å². The molecule has 1 aromatic heterocycles.